The van der Waals surface area contributed by atoms with Crippen molar-refractivity contribution in [3.8, 4) is 5.75 Å². The molecule has 9 nitrogen and oxygen atoms in total. The zero-order chi connectivity index (χ0) is 26.9. The molecule has 1 atom stereocenters. The molecule has 13 heteroatoms. The molecule has 0 bridgehead atoms. The summed E-state index contributed by atoms with van der Waals surface area (Å²) in [6, 6.07) is 5.36. The van der Waals surface area contributed by atoms with Gasteiger partial charge < -0.3 is 19.9 Å². The zero-order valence-electron chi connectivity index (χ0n) is 20.5. The molecule has 0 unspecified atom stereocenters. The molecule has 2 heterocycles. The number of piperazine rings is 1. The summed E-state index contributed by atoms with van der Waals surface area (Å²) in [4.78, 5) is 23.5. The Kier molecular flexibility index (Phi) is 7.60. The van der Waals surface area contributed by atoms with E-state index in [9.17, 15) is 23.3 Å². The Labute approximate surface area is 216 Å². The van der Waals surface area contributed by atoms with Crippen molar-refractivity contribution in [1.29, 1.82) is 0 Å². The summed E-state index contributed by atoms with van der Waals surface area (Å²) in [5, 5.41) is 14.9. The van der Waals surface area contributed by atoms with Gasteiger partial charge in [-0.05, 0) is 42.8 Å². The normalized spacial score (nSPS) is 15.6. The van der Waals surface area contributed by atoms with E-state index >= 15 is 0 Å². The highest BCUT2D eigenvalue weighted by molar-refractivity contribution is 6.28. The van der Waals surface area contributed by atoms with Crippen LogP contribution in [0.2, 0.25) is 5.28 Å². The van der Waals surface area contributed by atoms with Crippen LogP contribution in [-0.2, 0) is 6.18 Å². The quantitative estimate of drug-likeness (QED) is 0.238. The number of rotatable bonds is 7. The van der Waals surface area contributed by atoms with Crippen LogP contribution in [0.1, 0.15) is 31.0 Å². The SMILES string of the molecule is CCN1CCN(c2cc3c(N[C@H](C)c4cc([N+](=O)[O-])cc(C(F)(F)F)c4)nc(Cl)nc3cc2OC)CC1. The Balaban J connectivity index is 1.74. The maximum atomic E-state index is 13.4. The molecule has 2 aromatic carbocycles. The monoisotopic (exact) mass is 538 g/mol. The number of nitro groups is 1. The summed E-state index contributed by atoms with van der Waals surface area (Å²) in [6.45, 7) is 8.04. The lowest BCUT2D eigenvalue weighted by Crippen LogP contribution is -2.46. The number of non-ortho nitro benzene ring substituents is 1. The first-order chi connectivity index (χ1) is 17.5. The van der Waals surface area contributed by atoms with E-state index in [0.29, 0.717) is 28.5 Å². The topological polar surface area (TPSA) is 96.7 Å². The number of anilines is 2. The van der Waals surface area contributed by atoms with E-state index in [0.717, 1.165) is 50.5 Å². The number of benzene rings is 2. The highest BCUT2D eigenvalue weighted by Crippen LogP contribution is 2.38. The fourth-order valence-electron chi connectivity index (χ4n) is 4.38. The van der Waals surface area contributed by atoms with Gasteiger partial charge in [0, 0.05) is 49.8 Å². The molecule has 1 N–H and O–H groups in total. The second kappa shape index (κ2) is 10.5. The van der Waals surface area contributed by atoms with Gasteiger partial charge in [0.2, 0.25) is 5.28 Å². The Hall–Kier alpha value is -3.38. The summed E-state index contributed by atoms with van der Waals surface area (Å²) in [7, 11) is 1.57. The zero-order valence-corrected chi connectivity index (χ0v) is 21.2. The third kappa shape index (κ3) is 5.80. The predicted molar refractivity (Wildman–Crippen MR) is 136 cm³/mol. The Bertz CT molecular complexity index is 1320. The smallest absolute Gasteiger partial charge is 0.416 e. The van der Waals surface area contributed by atoms with Crippen molar-refractivity contribution < 1.29 is 22.8 Å². The molecular weight excluding hydrogens is 513 g/mol. The number of fused-ring (bicyclic) bond motifs is 1. The summed E-state index contributed by atoms with van der Waals surface area (Å²) in [5.74, 6) is 0.901. The molecule has 1 aromatic heterocycles. The summed E-state index contributed by atoms with van der Waals surface area (Å²) >= 11 is 6.16. The second-order valence-electron chi connectivity index (χ2n) is 8.74. The average Bonchev–Trinajstić information content (AvgIpc) is 2.87. The molecule has 1 aliphatic heterocycles. The lowest BCUT2D eigenvalue weighted by molar-refractivity contribution is -0.385. The number of nitrogens with one attached hydrogen (secondary N) is 1. The van der Waals surface area contributed by atoms with E-state index in [1.54, 1.807) is 20.1 Å². The number of nitro benzene ring substituents is 1. The summed E-state index contributed by atoms with van der Waals surface area (Å²) in [5.41, 5.74) is -0.357. The van der Waals surface area contributed by atoms with Crippen molar-refractivity contribution in [1.82, 2.24) is 14.9 Å². The van der Waals surface area contributed by atoms with Gasteiger partial charge in [0.25, 0.3) is 5.69 Å². The molecule has 37 heavy (non-hydrogen) atoms. The van der Waals surface area contributed by atoms with Crippen LogP contribution in [0.5, 0.6) is 5.75 Å². The Morgan fingerprint density at radius 3 is 2.46 bits per heavy atom. The van der Waals surface area contributed by atoms with Crippen molar-refractivity contribution in [2.45, 2.75) is 26.1 Å². The van der Waals surface area contributed by atoms with Crippen LogP contribution in [0.25, 0.3) is 10.9 Å². The van der Waals surface area contributed by atoms with Crippen molar-refractivity contribution in [3.05, 3.63) is 56.9 Å². The first-order valence-electron chi connectivity index (χ1n) is 11.7. The molecule has 198 valence electrons. The summed E-state index contributed by atoms with van der Waals surface area (Å²) < 4.78 is 45.8. The van der Waals surface area contributed by atoms with E-state index in [2.05, 4.69) is 32.0 Å². The standard InChI is InChI=1S/C24H26ClF3N6O3/c1-4-32-5-7-33(8-6-32)20-12-18-19(13-21(20)37-3)30-23(25)31-22(18)29-14(2)15-9-16(24(26,27)28)11-17(10-15)34(35)36/h9-14H,4-8H2,1-3H3,(H,29,30,31)/t14-/m1/s1. The highest BCUT2D eigenvalue weighted by atomic mass is 35.5. The van der Waals surface area contributed by atoms with E-state index in [1.165, 1.54) is 0 Å². The average molecular weight is 539 g/mol. The van der Waals surface area contributed by atoms with Gasteiger partial charge in [-0.1, -0.05) is 6.92 Å². The Morgan fingerprint density at radius 2 is 1.86 bits per heavy atom. The largest absolute Gasteiger partial charge is 0.495 e. The minimum atomic E-state index is -4.74. The van der Waals surface area contributed by atoms with Crippen LogP contribution in [-0.4, -0.2) is 59.6 Å². The molecule has 0 spiro atoms. The van der Waals surface area contributed by atoms with Crippen LogP contribution in [0.15, 0.2) is 30.3 Å². The number of hydrogen-bond donors (Lipinski definition) is 1. The maximum absolute atomic E-state index is 13.4. The van der Waals surface area contributed by atoms with Gasteiger partial charge in [0.05, 0.1) is 34.8 Å². The number of aromatic nitrogens is 2. The molecular formula is C24H26ClF3N6O3. The van der Waals surface area contributed by atoms with Crippen molar-refractivity contribution >= 4 is 39.7 Å². The van der Waals surface area contributed by atoms with Gasteiger partial charge in [-0.3, -0.25) is 10.1 Å². The van der Waals surface area contributed by atoms with Crippen molar-refractivity contribution in [2.24, 2.45) is 0 Å². The third-order valence-electron chi connectivity index (χ3n) is 6.46. The molecule has 1 aliphatic rings. The first kappa shape index (κ1) is 26.7. The van der Waals surface area contributed by atoms with Crippen LogP contribution in [0.3, 0.4) is 0 Å². The molecule has 0 aliphatic carbocycles. The second-order valence-corrected chi connectivity index (χ2v) is 9.08. The number of hydrogen-bond acceptors (Lipinski definition) is 8. The van der Waals surface area contributed by atoms with Gasteiger partial charge in [0.1, 0.15) is 11.6 Å². The summed E-state index contributed by atoms with van der Waals surface area (Å²) in [6.07, 6.45) is -4.74. The fraction of sp³-hybridized carbons (Fsp3) is 0.417. The third-order valence-corrected chi connectivity index (χ3v) is 6.63. The van der Waals surface area contributed by atoms with Gasteiger partial charge in [-0.2, -0.15) is 13.2 Å². The first-order valence-corrected chi connectivity index (χ1v) is 12.0. The minimum Gasteiger partial charge on any atom is -0.495 e. The van der Waals surface area contributed by atoms with Crippen LogP contribution < -0.4 is 15.0 Å². The maximum Gasteiger partial charge on any atom is 0.416 e. The van der Waals surface area contributed by atoms with Crippen molar-refractivity contribution in [3.63, 3.8) is 0 Å². The molecule has 0 amide bonds. The van der Waals surface area contributed by atoms with Crippen LogP contribution in [0, 0.1) is 10.1 Å². The van der Waals surface area contributed by atoms with E-state index in [-0.39, 0.29) is 10.8 Å². The predicted octanol–water partition coefficient (Wildman–Crippen LogP) is 5.53. The van der Waals surface area contributed by atoms with Gasteiger partial charge in [-0.15, -0.1) is 0 Å². The molecule has 4 rings (SSSR count). The molecule has 3 aromatic rings. The van der Waals surface area contributed by atoms with E-state index in [1.807, 2.05) is 6.07 Å². The minimum absolute atomic E-state index is 0.0661. The number of likely N-dealkylation sites (N-methyl/N-ethyl adjacent to an activating group) is 1. The van der Waals surface area contributed by atoms with Crippen molar-refractivity contribution in [2.75, 3.05) is 50.1 Å². The fourth-order valence-corrected chi connectivity index (χ4v) is 4.56. The molecule has 1 saturated heterocycles. The van der Waals surface area contributed by atoms with Gasteiger partial charge in [-0.25, -0.2) is 9.97 Å². The van der Waals surface area contributed by atoms with E-state index < -0.39 is 28.4 Å². The van der Waals surface area contributed by atoms with Crippen LogP contribution >= 0.6 is 11.6 Å². The lowest BCUT2D eigenvalue weighted by Gasteiger charge is -2.36. The number of methoxy groups -OCH3 is 1. The number of ether oxygens (including phenoxy) is 1. The molecule has 1 fully saturated rings. The molecule has 0 saturated carbocycles. The molecule has 0 radical (unpaired) electrons. The lowest BCUT2D eigenvalue weighted by atomic mass is 10.0. The Morgan fingerprint density at radius 1 is 1.16 bits per heavy atom. The van der Waals surface area contributed by atoms with Gasteiger partial charge in [0.15, 0.2) is 0 Å². The number of alkyl halides is 3. The van der Waals surface area contributed by atoms with Gasteiger partial charge >= 0.3 is 6.18 Å². The number of nitrogens with zero attached hydrogens (tertiary/aromatic N) is 5. The van der Waals surface area contributed by atoms with E-state index in [4.69, 9.17) is 16.3 Å². The number of halogens is 4. The van der Waals surface area contributed by atoms with Crippen LogP contribution in [0.4, 0.5) is 30.4 Å². The highest BCUT2D eigenvalue weighted by Gasteiger charge is 2.33.